The number of rotatable bonds is 0. The van der Waals surface area contributed by atoms with Crippen molar-refractivity contribution in [2.24, 2.45) is 28.6 Å². The number of ketones is 2. The maximum Gasteiger partial charge on any atom is 0.243 e. The highest BCUT2D eigenvalue weighted by atomic mass is 16.1. The summed E-state index contributed by atoms with van der Waals surface area (Å²) in [5.41, 5.74) is 0.842. The molecule has 5 atom stereocenters. The number of allylic oxidation sites excluding steroid dienone is 1. The summed E-state index contributed by atoms with van der Waals surface area (Å²) < 4.78 is 0. The second kappa shape index (κ2) is 5.27. The Morgan fingerprint density at radius 1 is 1.08 bits per heavy atom. The predicted molar refractivity (Wildman–Crippen MR) is 90.1 cm³/mol. The summed E-state index contributed by atoms with van der Waals surface area (Å²) in [7, 11) is 0. The van der Waals surface area contributed by atoms with E-state index in [0.29, 0.717) is 49.2 Å². The molecule has 0 aromatic heterocycles. The number of fused-ring (bicyclic) bond motifs is 5. The van der Waals surface area contributed by atoms with E-state index in [0.717, 1.165) is 25.7 Å². The van der Waals surface area contributed by atoms with Gasteiger partial charge in [0.1, 0.15) is 11.6 Å². The van der Waals surface area contributed by atoms with Gasteiger partial charge < -0.3 is 5.32 Å². The van der Waals surface area contributed by atoms with E-state index in [-0.39, 0.29) is 22.7 Å². The van der Waals surface area contributed by atoms with Crippen molar-refractivity contribution in [2.75, 3.05) is 6.54 Å². The smallest absolute Gasteiger partial charge is 0.243 e. The number of hydrogen-bond donors (Lipinski definition) is 1. The molecule has 0 aromatic carbocycles. The topological polar surface area (TPSA) is 63.2 Å². The van der Waals surface area contributed by atoms with Gasteiger partial charge in [0.15, 0.2) is 0 Å². The van der Waals surface area contributed by atoms with Crippen molar-refractivity contribution < 1.29 is 14.4 Å². The molecule has 3 aliphatic carbocycles. The zero-order chi connectivity index (χ0) is 17.1. The summed E-state index contributed by atoms with van der Waals surface area (Å²) in [6.07, 6.45) is 7.24. The Labute approximate surface area is 143 Å². The second-order valence-corrected chi connectivity index (χ2v) is 8.97. The van der Waals surface area contributed by atoms with Gasteiger partial charge in [-0.05, 0) is 42.9 Å². The molecule has 3 saturated carbocycles. The SMILES string of the molecule is C[C@@]12CC(=O)CC[C@H]1[C@@H]1CCC3=CC(=O)NCC[C@]3(C)[C@H]1C(=O)C2. The first-order valence-corrected chi connectivity index (χ1v) is 9.37. The van der Waals surface area contributed by atoms with Gasteiger partial charge in [0.2, 0.25) is 5.91 Å². The molecular formula is C20H27NO3. The quantitative estimate of drug-likeness (QED) is 0.743. The van der Waals surface area contributed by atoms with Gasteiger partial charge in [-0.25, -0.2) is 0 Å². The van der Waals surface area contributed by atoms with Gasteiger partial charge in [-0.15, -0.1) is 0 Å². The van der Waals surface area contributed by atoms with Crippen LogP contribution in [-0.4, -0.2) is 24.0 Å². The summed E-state index contributed by atoms with van der Waals surface area (Å²) in [6, 6.07) is 0. The lowest BCUT2D eigenvalue weighted by Crippen LogP contribution is -2.56. The fourth-order valence-electron chi connectivity index (χ4n) is 6.45. The number of hydrogen-bond acceptors (Lipinski definition) is 3. The van der Waals surface area contributed by atoms with Crippen LogP contribution in [0.1, 0.15) is 58.8 Å². The normalized spacial score (nSPS) is 45.3. The largest absolute Gasteiger partial charge is 0.353 e. The Hall–Kier alpha value is -1.45. The third kappa shape index (κ3) is 2.21. The maximum absolute atomic E-state index is 13.2. The number of Topliss-reactive ketones (excluding diaryl/α,β-unsaturated/α-hetero) is 2. The first kappa shape index (κ1) is 16.0. The molecule has 4 rings (SSSR count). The van der Waals surface area contributed by atoms with E-state index >= 15 is 0 Å². The molecule has 0 aromatic rings. The van der Waals surface area contributed by atoms with Crippen LogP contribution in [0.3, 0.4) is 0 Å². The van der Waals surface area contributed by atoms with Crippen molar-refractivity contribution in [3.8, 4) is 0 Å². The lowest BCUT2D eigenvalue weighted by molar-refractivity contribution is -0.151. The molecule has 0 unspecified atom stereocenters. The summed E-state index contributed by atoms with van der Waals surface area (Å²) in [6.45, 7) is 5.01. The molecule has 0 spiro atoms. The molecule has 1 amide bonds. The van der Waals surface area contributed by atoms with Gasteiger partial charge in [0.25, 0.3) is 0 Å². The maximum atomic E-state index is 13.2. The Bertz CT molecular complexity index is 651. The van der Waals surface area contributed by atoms with Crippen molar-refractivity contribution in [3.05, 3.63) is 11.6 Å². The van der Waals surface area contributed by atoms with E-state index in [1.54, 1.807) is 6.08 Å². The van der Waals surface area contributed by atoms with Gasteiger partial charge in [0.05, 0.1) is 0 Å². The molecule has 4 nitrogen and oxygen atoms in total. The lowest BCUT2D eigenvalue weighted by atomic mass is 9.45. The van der Waals surface area contributed by atoms with Crippen LogP contribution in [0.2, 0.25) is 0 Å². The molecule has 3 fully saturated rings. The zero-order valence-electron chi connectivity index (χ0n) is 14.7. The summed E-state index contributed by atoms with van der Waals surface area (Å²) in [5, 5.41) is 2.93. The monoisotopic (exact) mass is 329 g/mol. The number of amides is 1. The van der Waals surface area contributed by atoms with E-state index in [4.69, 9.17) is 0 Å². The molecule has 1 heterocycles. The standard InChI is InChI=1S/C20H27NO3/c1-19-10-13(22)4-6-15(19)14-5-3-12-9-17(24)21-8-7-20(12,2)18(14)16(23)11-19/h9,14-15,18H,3-8,10-11H2,1-2H3,(H,21,24)/t14-,15-,18+,19-,20-/m0/s1. The van der Waals surface area contributed by atoms with Gasteiger partial charge in [-0.1, -0.05) is 19.4 Å². The molecule has 1 aliphatic heterocycles. The van der Waals surface area contributed by atoms with Gasteiger partial charge >= 0.3 is 0 Å². The Balaban J connectivity index is 1.74. The minimum absolute atomic E-state index is 0.0106. The van der Waals surface area contributed by atoms with Crippen LogP contribution < -0.4 is 5.32 Å². The summed E-state index contributed by atoms with van der Waals surface area (Å²) in [5.74, 6) is 1.52. The Morgan fingerprint density at radius 2 is 1.88 bits per heavy atom. The Kier molecular flexibility index (Phi) is 3.52. The number of carbonyl (C=O) groups excluding carboxylic acids is 3. The molecule has 130 valence electrons. The predicted octanol–water partition coefficient (Wildman–Crippen LogP) is 2.81. The van der Waals surface area contributed by atoms with Crippen molar-refractivity contribution in [2.45, 2.75) is 58.8 Å². The van der Waals surface area contributed by atoms with E-state index in [9.17, 15) is 14.4 Å². The molecule has 4 heteroatoms. The average molecular weight is 329 g/mol. The van der Waals surface area contributed by atoms with Crippen molar-refractivity contribution in [3.63, 3.8) is 0 Å². The molecule has 1 N–H and O–H groups in total. The van der Waals surface area contributed by atoms with Crippen LogP contribution in [-0.2, 0) is 14.4 Å². The molecule has 24 heavy (non-hydrogen) atoms. The molecule has 4 aliphatic rings. The van der Waals surface area contributed by atoms with Crippen LogP contribution in [0, 0.1) is 28.6 Å². The number of carbonyl (C=O) groups is 3. The third-order valence-corrected chi connectivity index (χ3v) is 7.52. The highest BCUT2D eigenvalue weighted by Crippen LogP contribution is 2.62. The molecular weight excluding hydrogens is 302 g/mol. The minimum Gasteiger partial charge on any atom is -0.353 e. The van der Waals surface area contributed by atoms with Gasteiger partial charge in [0, 0.05) is 43.2 Å². The third-order valence-electron chi connectivity index (χ3n) is 7.52. The van der Waals surface area contributed by atoms with Crippen LogP contribution in [0.5, 0.6) is 0 Å². The molecule has 0 saturated heterocycles. The lowest BCUT2D eigenvalue weighted by Gasteiger charge is -2.58. The first-order valence-electron chi connectivity index (χ1n) is 9.37. The van der Waals surface area contributed by atoms with Crippen LogP contribution in [0.15, 0.2) is 11.6 Å². The first-order chi connectivity index (χ1) is 11.3. The van der Waals surface area contributed by atoms with Crippen molar-refractivity contribution in [1.29, 1.82) is 0 Å². The minimum atomic E-state index is -0.193. The van der Waals surface area contributed by atoms with Crippen molar-refractivity contribution in [1.82, 2.24) is 5.32 Å². The fraction of sp³-hybridized carbons (Fsp3) is 0.750. The van der Waals surface area contributed by atoms with E-state index in [2.05, 4.69) is 19.2 Å². The Morgan fingerprint density at radius 3 is 2.67 bits per heavy atom. The average Bonchev–Trinajstić information content (AvgIpc) is 2.62. The summed E-state index contributed by atoms with van der Waals surface area (Å²) >= 11 is 0. The zero-order valence-corrected chi connectivity index (χ0v) is 14.7. The highest BCUT2D eigenvalue weighted by molar-refractivity contribution is 5.91. The van der Waals surface area contributed by atoms with Crippen LogP contribution in [0.25, 0.3) is 0 Å². The number of nitrogens with one attached hydrogen (secondary N) is 1. The highest BCUT2D eigenvalue weighted by Gasteiger charge is 2.59. The van der Waals surface area contributed by atoms with E-state index < -0.39 is 0 Å². The fourth-order valence-corrected chi connectivity index (χ4v) is 6.45. The summed E-state index contributed by atoms with van der Waals surface area (Å²) in [4.78, 5) is 37.1. The van der Waals surface area contributed by atoms with E-state index in [1.165, 1.54) is 5.57 Å². The molecule has 0 radical (unpaired) electrons. The molecule has 0 bridgehead atoms. The van der Waals surface area contributed by atoms with E-state index in [1.807, 2.05) is 0 Å². The van der Waals surface area contributed by atoms with Gasteiger partial charge in [-0.2, -0.15) is 0 Å². The van der Waals surface area contributed by atoms with Gasteiger partial charge in [-0.3, -0.25) is 14.4 Å². The van der Waals surface area contributed by atoms with Crippen LogP contribution in [0.4, 0.5) is 0 Å². The second-order valence-electron chi connectivity index (χ2n) is 8.97. The van der Waals surface area contributed by atoms with Crippen molar-refractivity contribution >= 4 is 17.5 Å². The van der Waals surface area contributed by atoms with Crippen LogP contribution >= 0.6 is 0 Å².